The summed E-state index contributed by atoms with van der Waals surface area (Å²) in [4.78, 5) is 0. The molecule has 0 aliphatic carbocycles. The summed E-state index contributed by atoms with van der Waals surface area (Å²) in [6.45, 7) is 0. The third kappa shape index (κ3) is 5.98. The summed E-state index contributed by atoms with van der Waals surface area (Å²) >= 11 is 27.0. The molecule has 0 aliphatic rings. The number of halogens is 8. The molecule has 0 atom stereocenters. The van der Waals surface area contributed by atoms with E-state index in [2.05, 4.69) is 127 Å². The van der Waals surface area contributed by atoms with E-state index in [1.807, 2.05) is 0 Å². The van der Waals surface area contributed by atoms with Crippen LogP contribution in [0.4, 0.5) is 0 Å². The Labute approximate surface area is 144 Å². The van der Waals surface area contributed by atoms with Gasteiger partial charge in [-0.3, -0.25) is 0 Å². The van der Waals surface area contributed by atoms with Crippen molar-refractivity contribution in [2.24, 2.45) is 0 Å². The van der Waals surface area contributed by atoms with Gasteiger partial charge < -0.3 is 0 Å². The van der Waals surface area contributed by atoms with Gasteiger partial charge in [-0.15, -0.1) is 0 Å². The van der Waals surface area contributed by atoms with Crippen LogP contribution >= 0.6 is 127 Å². The van der Waals surface area contributed by atoms with E-state index in [4.69, 9.17) is 0 Å². The third-order valence-corrected chi connectivity index (χ3v) is 5.49. The van der Waals surface area contributed by atoms with Gasteiger partial charge in [-0.25, -0.2) is 0 Å². The number of allylic oxidation sites excluding steroid dienone is 2. The smallest absolute Gasteiger partial charge is 0.0545 e. The Balaban J connectivity index is 5.37. The van der Waals surface area contributed by atoms with Crippen molar-refractivity contribution < 1.29 is 0 Å². The largest absolute Gasteiger partial charge is 0.162 e. The Kier molecular flexibility index (Phi) is 8.68. The van der Waals surface area contributed by atoms with Crippen LogP contribution in [0.15, 0.2) is 16.8 Å². The van der Waals surface area contributed by atoms with Gasteiger partial charge in [0.2, 0.25) is 0 Å². The highest BCUT2D eigenvalue weighted by molar-refractivity contribution is 9.39. The van der Waals surface area contributed by atoms with Gasteiger partial charge in [0.25, 0.3) is 0 Å². The van der Waals surface area contributed by atoms with Crippen LogP contribution < -0.4 is 0 Å². The summed E-state index contributed by atoms with van der Waals surface area (Å²) in [7, 11) is 0. The topological polar surface area (TPSA) is 0 Å². The molecule has 0 saturated heterocycles. The Morgan fingerprint density at radius 3 is 1.15 bits per heavy atom. The molecule has 0 nitrogen and oxygen atoms in total. The van der Waals surface area contributed by atoms with Crippen LogP contribution in [0.2, 0.25) is 0 Å². The quantitative estimate of drug-likeness (QED) is 0.201. The van der Waals surface area contributed by atoms with Crippen molar-refractivity contribution in [1.82, 2.24) is 0 Å². The van der Waals surface area contributed by atoms with Gasteiger partial charge in [-0.05, 0) is 79.6 Å². The summed E-state index contributed by atoms with van der Waals surface area (Å²) < 4.78 is 1.99. The number of alkyl halides is 3. The Bertz CT molecular complexity index is 248. The number of hydrogen-bond acceptors (Lipinski definition) is 0. The van der Waals surface area contributed by atoms with E-state index in [1.54, 1.807) is 0 Å². The lowest BCUT2D eigenvalue weighted by atomic mass is 10.3. The average molecular weight is 699 g/mol. The lowest BCUT2D eigenvalue weighted by Gasteiger charge is -2.17. The maximum absolute atomic E-state index is 3.42. The van der Waals surface area contributed by atoms with Gasteiger partial charge in [0.1, 0.15) is 0 Å². The molecule has 0 unspecified atom stereocenters. The first-order chi connectivity index (χ1) is 5.68. The molecule has 0 fully saturated rings. The Morgan fingerprint density at radius 2 is 1.08 bits per heavy atom. The van der Waals surface area contributed by atoms with Crippen LogP contribution in [-0.4, -0.2) is 2.14 Å². The predicted molar refractivity (Wildman–Crippen MR) is 88.2 cm³/mol. The first kappa shape index (κ1) is 16.3. The summed E-state index contributed by atoms with van der Waals surface area (Å²) in [5, 5.41) is 0. The second kappa shape index (κ2) is 6.91. The van der Waals surface area contributed by atoms with Crippen LogP contribution in [0.3, 0.4) is 0 Å². The molecule has 0 N–H and O–H groups in total. The Hall–Kier alpha value is 3.32. The van der Waals surface area contributed by atoms with E-state index in [9.17, 15) is 0 Å². The predicted octanol–water partition coefficient (Wildman–Crippen LogP) is 7.18. The zero-order valence-electron chi connectivity index (χ0n) is 5.52. The Morgan fingerprint density at radius 1 is 0.692 bits per heavy atom. The van der Waals surface area contributed by atoms with Crippen molar-refractivity contribution in [1.29, 1.82) is 0 Å². The molecule has 0 radical (unpaired) electrons. The van der Waals surface area contributed by atoms with Gasteiger partial charge in [-0.2, -0.15) is 0 Å². The summed E-state index contributed by atoms with van der Waals surface area (Å²) in [5.41, 5.74) is 0.913. The monoisotopic (exact) mass is 691 g/mol. The molecule has 13 heavy (non-hydrogen) atoms. The SMILES string of the molecule is BrC(Br)=C(Br)C(=C(Br)Br)C(Br)(Br)Br. The highest BCUT2D eigenvalue weighted by Crippen LogP contribution is 2.51. The molecule has 0 amide bonds. The van der Waals surface area contributed by atoms with E-state index < -0.39 is 2.14 Å². The second-order valence-corrected chi connectivity index (χ2v) is 14.6. The minimum atomic E-state index is -0.499. The maximum Gasteiger partial charge on any atom is 0.162 e. The van der Waals surface area contributed by atoms with Gasteiger partial charge in [0.05, 0.1) is 6.78 Å². The van der Waals surface area contributed by atoms with Crippen molar-refractivity contribution in [3.63, 3.8) is 0 Å². The number of hydrogen-bond donors (Lipinski definition) is 0. The van der Waals surface area contributed by atoms with Crippen molar-refractivity contribution in [3.8, 4) is 0 Å². The number of rotatable bonds is 1. The highest BCUT2D eigenvalue weighted by Gasteiger charge is 2.29. The fourth-order valence-corrected chi connectivity index (χ4v) is 6.41. The van der Waals surface area contributed by atoms with Gasteiger partial charge in [0.15, 0.2) is 2.14 Å². The standard InChI is InChI=1S/C5Br8/c6-2(4(9)10)1(3(7)8)5(11,12)13. The van der Waals surface area contributed by atoms with Crippen molar-refractivity contribution in [2.75, 3.05) is 0 Å². The molecule has 0 aromatic heterocycles. The van der Waals surface area contributed by atoms with Crippen LogP contribution in [0.1, 0.15) is 0 Å². The first-order valence-corrected chi connectivity index (χ1v) is 8.86. The van der Waals surface area contributed by atoms with E-state index in [0.717, 1.165) is 16.8 Å². The van der Waals surface area contributed by atoms with Crippen LogP contribution in [0.25, 0.3) is 0 Å². The molecule has 8 heteroatoms. The fraction of sp³-hybridized carbons (Fsp3) is 0.200. The van der Waals surface area contributed by atoms with E-state index in [-0.39, 0.29) is 0 Å². The molecule has 0 bridgehead atoms. The summed E-state index contributed by atoms with van der Waals surface area (Å²) in [6, 6.07) is 0. The molecule has 0 spiro atoms. The fourth-order valence-electron chi connectivity index (χ4n) is 0.409. The van der Waals surface area contributed by atoms with Gasteiger partial charge in [-0.1, -0.05) is 47.8 Å². The molecular formula is C5Br8. The maximum atomic E-state index is 3.42. The first-order valence-electron chi connectivity index (χ1n) is 2.51. The highest BCUT2D eigenvalue weighted by atomic mass is 80.0. The van der Waals surface area contributed by atoms with E-state index in [1.165, 1.54) is 0 Å². The van der Waals surface area contributed by atoms with E-state index in [0.29, 0.717) is 0 Å². The molecule has 0 heterocycles. The van der Waals surface area contributed by atoms with Crippen LogP contribution in [0.5, 0.6) is 0 Å². The molecule has 0 aromatic carbocycles. The average Bonchev–Trinajstić information content (AvgIpc) is 1.82. The zero-order valence-corrected chi connectivity index (χ0v) is 18.2. The summed E-state index contributed by atoms with van der Waals surface area (Å²) in [6.07, 6.45) is 0. The van der Waals surface area contributed by atoms with Crippen molar-refractivity contribution in [3.05, 3.63) is 16.8 Å². The van der Waals surface area contributed by atoms with Gasteiger partial charge >= 0.3 is 0 Å². The lowest BCUT2D eigenvalue weighted by Crippen LogP contribution is -2.05. The lowest BCUT2D eigenvalue weighted by molar-refractivity contribution is 1.47. The van der Waals surface area contributed by atoms with Crippen LogP contribution in [-0.2, 0) is 0 Å². The van der Waals surface area contributed by atoms with Gasteiger partial charge in [0, 0.05) is 10.1 Å². The molecule has 76 valence electrons. The molecule has 0 aliphatic heterocycles. The van der Waals surface area contributed by atoms with E-state index >= 15 is 0 Å². The second-order valence-electron chi connectivity index (χ2n) is 1.71. The minimum Gasteiger partial charge on any atom is -0.0545 e. The van der Waals surface area contributed by atoms with Crippen molar-refractivity contribution in [2.45, 2.75) is 2.14 Å². The molecule has 0 saturated carbocycles. The van der Waals surface area contributed by atoms with Crippen LogP contribution in [0, 0.1) is 0 Å². The molecular weight excluding hydrogens is 699 g/mol. The minimum absolute atomic E-state index is 0.499. The molecule has 0 aromatic rings. The van der Waals surface area contributed by atoms with Crippen molar-refractivity contribution >= 4 is 127 Å². The normalized spacial score (nSPS) is 11.1. The summed E-state index contributed by atoms with van der Waals surface area (Å²) in [5.74, 6) is 0. The third-order valence-electron chi connectivity index (χ3n) is 0.858. The zero-order chi connectivity index (χ0) is 10.8. The molecule has 0 rings (SSSR count).